The van der Waals surface area contributed by atoms with E-state index in [2.05, 4.69) is 59.2 Å². The van der Waals surface area contributed by atoms with Gasteiger partial charge in [-0.05, 0) is 85.3 Å². The second kappa shape index (κ2) is 28.7. The van der Waals surface area contributed by atoms with Gasteiger partial charge in [-0.1, -0.05) is 146 Å². The largest absolute Gasteiger partial charge is 0.497 e. The summed E-state index contributed by atoms with van der Waals surface area (Å²) in [7, 11) is 1.72. The van der Waals surface area contributed by atoms with Gasteiger partial charge in [0.15, 0.2) is 0 Å². The maximum Gasteiger partial charge on any atom is 0.256 e. The highest BCUT2D eigenvalue weighted by atomic mass is 31.2. The van der Waals surface area contributed by atoms with Crippen molar-refractivity contribution in [3.8, 4) is 17.6 Å². The zero-order valence-electron chi connectivity index (χ0n) is 42.4. The number of nitrogens with one attached hydrogen (secondary N) is 2. The Balaban J connectivity index is 0.000000598. The van der Waals surface area contributed by atoms with Gasteiger partial charge in [0, 0.05) is 44.6 Å². The van der Waals surface area contributed by atoms with Gasteiger partial charge in [0.25, 0.3) is 8.53 Å². The van der Waals surface area contributed by atoms with Gasteiger partial charge in [-0.25, -0.2) is 4.67 Å². The molecule has 0 fully saturated rings. The Bertz CT molecular complexity index is 2310. The molecule has 0 aromatic heterocycles. The Morgan fingerprint density at radius 2 is 0.944 bits per heavy atom. The quantitative estimate of drug-likeness (QED) is 0.0209. The molecule has 0 saturated heterocycles. The number of amides is 2. The van der Waals surface area contributed by atoms with Crippen LogP contribution < -0.4 is 25.8 Å². The molecule has 0 bridgehead atoms. The van der Waals surface area contributed by atoms with E-state index in [0.717, 1.165) is 49.8 Å². The number of hydrogen-bond acceptors (Lipinski definition) is 12. The van der Waals surface area contributed by atoms with Crippen molar-refractivity contribution in [1.82, 2.24) is 20.2 Å². The molecule has 6 aromatic carbocycles. The highest BCUT2D eigenvalue weighted by Gasteiger charge is 2.38. The Hall–Kier alpha value is -6.30. The zero-order valence-corrected chi connectivity index (χ0v) is 43.3. The van der Waals surface area contributed by atoms with E-state index < -0.39 is 37.5 Å². The van der Waals surface area contributed by atoms with E-state index in [9.17, 15) is 19.6 Å². The number of carbonyl (C=O) groups is 2. The first kappa shape index (κ1) is 56.6. The molecule has 0 radical (unpaired) electrons. The van der Waals surface area contributed by atoms with Crippen molar-refractivity contribution in [3.63, 3.8) is 0 Å². The molecule has 0 aliphatic heterocycles. The number of rotatable bonds is 25. The van der Waals surface area contributed by atoms with Gasteiger partial charge < -0.3 is 29.7 Å². The van der Waals surface area contributed by atoms with Crippen LogP contribution in [0.1, 0.15) is 80.3 Å². The number of aliphatic hydroxyl groups excluding tert-OH is 1. The molecule has 0 saturated carbocycles. The molecule has 380 valence electrons. The van der Waals surface area contributed by atoms with E-state index in [1.807, 2.05) is 160 Å². The topological polar surface area (TPSA) is 183 Å². The summed E-state index contributed by atoms with van der Waals surface area (Å²) in [5.74, 6) is 0.624. The second-order valence-electron chi connectivity index (χ2n) is 17.6. The van der Waals surface area contributed by atoms with Gasteiger partial charge in [-0.15, -0.1) is 0 Å². The van der Waals surface area contributed by atoms with Gasteiger partial charge in [-0.3, -0.25) is 25.1 Å². The molecule has 2 amide bonds. The van der Waals surface area contributed by atoms with Crippen LogP contribution in [0.2, 0.25) is 0 Å². The van der Waals surface area contributed by atoms with E-state index in [1.165, 1.54) is 0 Å². The van der Waals surface area contributed by atoms with Crippen molar-refractivity contribution in [2.75, 3.05) is 47.0 Å². The van der Waals surface area contributed by atoms with Gasteiger partial charge >= 0.3 is 0 Å². The first-order valence-electron chi connectivity index (χ1n) is 24.4. The molecule has 0 aliphatic rings. The number of nitrogens with two attached hydrogens (primary N) is 1. The molecule has 14 heteroatoms. The van der Waals surface area contributed by atoms with E-state index in [1.54, 1.807) is 14.2 Å². The van der Waals surface area contributed by atoms with Crippen molar-refractivity contribution < 1.29 is 33.6 Å². The van der Waals surface area contributed by atoms with Crippen molar-refractivity contribution in [2.45, 2.75) is 76.2 Å². The fraction of sp³-hybridized carbons (Fsp3) is 0.328. The van der Waals surface area contributed by atoms with Crippen molar-refractivity contribution in [3.05, 3.63) is 203 Å². The van der Waals surface area contributed by atoms with E-state index in [4.69, 9.17) is 25.0 Å². The summed E-state index contributed by atoms with van der Waals surface area (Å²) in [6, 6.07) is 58.5. The molecule has 72 heavy (non-hydrogen) atoms. The molecule has 6 N–H and O–H groups in total. The Morgan fingerprint density at radius 3 is 1.24 bits per heavy atom. The molecular weight excluding hydrogens is 924 g/mol. The summed E-state index contributed by atoms with van der Waals surface area (Å²) in [5, 5.41) is 26.5. The predicted molar refractivity (Wildman–Crippen MR) is 286 cm³/mol. The molecule has 13 nitrogen and oxygen atoms in total. The zero-order chi connectivity index (χ0) is 51.9. The summed E-state index contributed by atoms with van der Waals surface area (Å²) in [5.41, 5.74) is 9.96. The molecule has 6 aromatic rings. The minimum absolute atomic E-state index is 0.0160. The van der Waals surface area contributed by atoms with Gasteiger partial charge in [0.2, 0.25) is 11.8 Å². The van der Waals surface area contributed by atoms with Crippen LogP contribution in [0.4, 0.5) is 0 Å². The van der Waals surface area contributed by atoms with Gasteiger partial charge in [0.05, 0.1) is 57.0 Å². The fourth-order valence-electron chi connectivity index (χ4n) is 8.89. The Labute approximate surface area is 427 Å². The number of nitriles is 1. The number of benzene rings is 6. The van der Waals surface area contributed by atoms with Gasteiger partial charge in [-0.2, -0.15) is 5.26 Å². The van der Waals surface area contributed by atoms with Crippen molar-refractivity contribution in [2.24, 2.45) is 5.73 Å². The molecule has 6 rings (SSSR count). The highest BCUT2D eigenvalue weighted by molar-refractivity contribution is 7.43. The third kappa shape index (κ3) is 14.7. The predicted octanol–water partition coefficient (Wildman–Crippen LogP) is 8.88. The number of nitrogens with zero attached hydrogens (tertiary/aromatic N) is 3. The maximum absolute atomic E-state index is 14.2. The molecule has 0 heterocycles. The lowest BCUT2D eigenvalue weighted by Crippen LogP contribution is -2.49. The summed E-state index contributed by atoms with van der Waals surface area (Å²) in [6.45, 7) is 8.48. The van der Waals surface area contributed by atoms with Crippen LogP contribution in [-0.2, 0) is 25.2 Å². The number of carbonyl (C=O) groups excluding carboxylic acids is 2. The van der Waals surface area contributed by atoms with Crippen molar-refractivity contribution in [1.29, 1.82) is 5.26 Å². The van der Waals surface area contributed by atoms with Crippen molar-refractivity contribution >= 4 is 20.3 Å². The summed E-state index contributed by atoms with van der Waals surface area (Å²) in [6.07, 6.45) is -0.785. The minimum atomic E-state index is -1.55. The Morgan fingerprint density at radius 1 is 0.611 bits per heavy atom. The number of methoxy groups -OCH3 is 2. The lowest BCUT2D eigenvalue weighted by atomic mass is 9.77. The monoisotopic (exact) mass is 995 g/mol. The minimum Gasteiger partial charge on any atom is -0.497 e. The molecule has 0 spiro atoms. The lowest BCUT2D eigenvalue weighted by Gasteiger charge is -2.38. The van der Waals surface area contributed by atoms with Crippen LogP contribution in [0.15, 0.2) is 170 Å². The fourth-order valence-corrected chi connectivity index (χ4v) is 10.1. The molecular formula is C58H71N6O7P. The number of aliphatic hydroxyl groups is 1. The number of imide groups is 1. The standard InChI is InChI=1S/C49H52N4O5.C9H19N2O2P/c1-57-44-27-23-41(24-28-44)48(37-15-7-3-8-16-37,38-17-9-4-10-18-38)51-33-31-46(55)53(36-43(54)35-50)47(56)32-34-52-49(39-19-11-5-12-20-39,40-21-13-6-14-22-40)42-25-29-45(58-2)30-26-42;1-8(2)11(9(3)4)14(12)13-7-5-6-10/h3-30,43,51-52,54H,31-36,50H2,1-2H3;8-9,12H,5,7H2,1-4H3. The average Bonchev–Trinajstić information content (AvgIpc) is 3.41. The van der Waals surface area contributed by atoms with Crippen LogP contribution in [0, 0.1) is 11.3 Å². The Kier molecular flexibility index (Phi) is 22.5. The second-order valence-corrected chi connectivity index (χ2v) is 18.8. The summed E-state index contributed by atoms with van der Waals surface area (Å²) < 4.78 is 18.1. The smallest absolute Gasteiger partial charge is 0.256 e. The van der Waals surface area contributed by atoms with Gasteiger partial charge in [0.1, 0.15) is 11.5 Å². The van der Waals surface area contributed by atoms with Crippen LogP contribution in [-0.4, -0.2) is 96.6 Å². The van der Waals surface area contributed by atoms with E-state index in [-0.39, 0.29) is 51.1 Å². The highest BCUT2D eigenvalue weighted by Crippen LogP contribution is 2.41. The normalized spacial score (nSPS) is 12.4. The van der Waals surface area contributed by atoms with Crippen LogP contribution in [0.25, 0.3) is 0 Å². The first-order chi connectivity index (χ1) is 34.9. The average molecular weight is 995 g/mol. The molecule has 2 unspecified atom stereocenters. The maximum atomic E-state index is 14.2. The third-order valence-electron chi connectivity index (χ3n) is 12.3. The lowest BCUT2D eigenvalue weighted by molar-refractivity contribution is -0.146. The van der Waals surface area contributed by atoms with Crippen LogP contribution in [0.5, 0.6) is 11.5 Å². The molecule has 2 atom stereocenters. The third-order valence-corrected chi connectivity index (χ3v) is 14.0. The van der Waals surface area contributed by atoms with E-state index >= 15 is 0 Å². The number of hydrogen-bond donors (Lipinski definition) is 5. The summed E-state index contributed by atoms with van der Waals surface area (Å²) >= 11 is 0. The SMILES string of the molecule is CC(C)N(C(C)C)P(O)OCCC#N.COc1ccc(C(NCCC(=O)N(CC(O)CN)C(=O)CCNC(c2ccccc2)(c2ccccc2)c2ccc(OC)cc2)(c2ccccc2)c2ccccc2)cc1. The van der Waals surface area contributed by atoms with Crippen LogP contribution >= 0.6 is 8.53 Å². The first-order valence-corrected chi connectivity index (χ1v) is 25.5. The number of ether oxygens (including phenoxy) is 2. The summed E-state index contributed by atoms with van der Waals surface area (Å²) in [4.78, 5) is 39.2. The molecule has 0 aliphatic carbocycles. The van der Waals surface area contributed by atoms with E-state index in [0.29, 0.717) is 13.0 Å². The van der Waals surface area contributed by atoms with Crippen LogP contribution in [0.3, 0.4) is 0 Å².